The molecule has 0 amide bonds. The fraction of sp³-hybridized carbons (Fsp3) is 0.200. The van der Waals surface area contributed by atoms with Crippen molar-refractivity contribution in [3.05, 3.63) is 46.2 Å². The van der Waals surface area contributed by atoms with Crippen molar-refractivity contribution in [2.45, 2.75) is 13.8 Å². The minimum atomic E-state index is -0.277. The van der Waals surface area contributed by atoms with Crippen LogP contribution < -0.4 is 15.8 Å². The van der Waals surface area contributed by atoms with Gasteiger partial charge in [-0.15, -0.1) is 0 Å². The Morgan fingerprint density at radius 3 is 2.75 bits per heavy atom. The molecule has 0 atom stereocenters. The van der Waals surface area contributed by atoms with Crippen molar-refractivity contribution in [1.29, 1.82) is 0 Å². The third-order valence-electron chi connectivity index (χ3n) is 2.86. The monoisotopic (exact) mass is 338 g/mol. The molecule has 2 aromatic rings. The van der Waals surface area contributed by atoms with Gasteiger partial charge in [0.05, 0.1) is 16.8 Å². The van der Waals surface area contributed by atoms with E-state index in [9.17, 15) is 4.39 Å². The second kappa shape index (κ2) is 6.13. The minimum Gasteiger partial charge on any atom is -0.492 e. The molecule has 0 aliphatic carbocycles. The summed E-state index contributed by atoms with van der Waals surface area (Å²) in [7, 11) is 0. The Morgan fingerprint density at radius 2 is 2.05 bits per heavy atom. The van der Waals surface area contributed by atoms with E-state index in [0.717, 1.165) is 16.9 Å². The van der Waals surface area contributed by atoms with E-state index in [-0.39, 0.29) is 5.82 Å². The normalized spacial score (nSPS) is 10.4. The lowest BCUT2D eigenvalue weighted by molar-refractivity contribution is 0.342. The third-order valence-corrected chi connectivity index (χ3v) is 3.47. The van der Waals surface area contributed by atoms with Crippen LogP contribution in [0.5, 0.6) is 5.75 Å². The summed E-state index contributed by atoms with van der Waals surface area (Å²) in [6.45, 7) is 4.30. The molecule has 0 saturated carbocycles. The molecule has 0 aromatic heterocycles. The van der Waals surface area contributed by atoms with Crippen LogP contribution in [0.2, 0.25) is 0 Å². The van der Waals surface area contributed by atoms with Gasteiger partial charge in [0.15, 0.2) is 0 Å². The molecule has 0 radical (unpaired) electrons. The summed E-state index contributed by atoms with van der Waals surface area (Å²) in [6.07, 6.45) is 0. The highest BCUT2D eigenvalue weighted by atomic mass is 79.9. The van der Waals surface area contributed by atoms with Crippen LogP contribution in [-0.4, -0.2) is 6.61 Å². The van der Waals surface area contributed by atoms with Gasteiger partial charge in [-0.2, -0.15) is 0 Å². The number of hydrogen-bond acceptors (Lipinski definition) is 3. The summed E-state index contributed by atoms with van der Waals surface area (Å²) in [6, 6.07) is 8.65. The highest BCUT2D eigenvalue weighted by Crippen LogP contribution is 2.30. The van der Waals surface area contributed by atoms with Gasteiger partial charge < -0.3 is 15.8 Å². The van der Waals surface area contributed by atoms with Gasteiger partial charge in [0.25, 0.3) is 0 Å². The summed E-state index contributed by atoms with van der Waals surface area (Å²) in [5, 5.41) is 3.23. The molecular weight excluding hydrogens is 323 g/mol. The lowest BCUT2D eigenvalue weighted by Gasteiger charge is -2.13. The van der Waals surface area contributed by atoms with Gasteiger partial charge in [0.1, 0.15) is 11.6 Å². The summed E-state index contributed by atoms with van der Waals surface area (Å²) in [5.74, 6) is 0.358. The summed E-state index contributed by atoms with van der Waals surface area (Å²) in [4.78, 5) is 0. The van der Waals surface area contributed by atoms with Crippen LogP contribution in [-0.2, 0) is 0 Å². The van der Waals surface area contributed by atoms with Crippen LogP contribution in [0.25, 0.3) is 0 Å². The van der Waals surface area contributed by atoms with Gasteiger partial charge in [-0.25, -0.2) is 4.39 Å². The zero-order chi connectivity index (χ0) is 14.7. The molecule has 0 aliphatic heterocycles. The number of ether oxygens (including phenoxy) is 1. The van der Waals surface area contributed by atoms with E-state index in [0.29, 0.717) is 22.5 Å². The molecule has 0 aliphatic rings. The standard InChI is InChI=1S/C15H16BrFN2O/c1-3-20-15-7-10(4-5-13(15)18)19-14-8-11(16)12(17)6-9(14)2/h4-8,19H,3,18H2,1-2H3. The SMILES string of the molecule is CCOc1cc(Nc2cc(Br)c(F)cc2C)ccc1N. The number of benzene rings is 2. The van der Waals surface area contributed by atoms with Gasteiger partial charge >= 0.3 is 0 Å². The number of nitrogen functional groups attached to an aromatic ring is 1. The molecule has 3 nitrogen and oxygen atoms in total. The van der Waals surface area contributed by atoms with Crippen molar-refractivity contribution >= 4 is 33.0 Å². The second-order valence-electron chi connectivity index (χ2n) is 4.39. The largest absolute Gasteiger partial charge is 0.492 e. The number of aryl methyl sites for hydroxylation is 1. The van der Waals surface area contributed by atoms with E-state index in [2.05, 4.69) is 21.2 Å². The number of hydrogen-bond donors (Lipinski definition) is 2. The fourth-order valence-corrected chi connectivity index (χ4v) is 2.17. The predicted octanol–water partition coefficient (Wildman–Crippen LogP) is 4.62. The highest BCUT2D eigenvalue weighted by Gasteiger charge is 2.07. The lowest BCUT2D eigenvalue weighted by Crippen LogP contribution is -1.99. The zero-order valence-electron chi connectivity index (χ0n) is 11.3. The van der Waals surface area contributed by atoms with Crippen LogP contribution in [0.15, 0.2) is 34.8 Å². The van der Waals surface area contributed by atoms with Crippen molar-refractivity contribution in [3.8, 4) is 5.75 Å². The first-order chi connectivity index (χ1) is 9.51. The van der Waals surface area contributed by atoms with Crippen LogP contribution in [0, 0.1) is 12.7 Å². The molecule has 2 aromatic carbocycles. The van der Waals surface area contributed by atoms with E-state index in [1.165, 1.54) is 6.07 Å². The first-order valence-electron chi connectivity index (χ1n) is 6.26. The second-order valence-corrected chi connectivity index (χ2v) is 5.25. The maximum atomic E-state index is 13.4. The molecule has 5 heteroatoms. The van der Waals surface area contributed by atoms with Crippen LogP contribution in [0.1, 0.15) is 12.5 Å². The zero-order valence-corrected chi connectivity index (χ0v) is 12.9. The number of nitrogens with one attached hydrogen (secondary N) is 1. The van der Waals surface area contributed by atoms with Crippen molar-refractivity contribution < 1.29 is 9.13 Å². The topological polar surface area (TPSA) is 47.3 Å². The number of rotatable bonds is 4. The molecule has 0 unspecified atom stereocenters. The molecule has 0 spiro atoms. The average Bonchev–Trinajstić information content (AvgIpc) is 2.40. The van der Waals surface area contributed by atoms with Crippen LogP contribution in [0.3, 0.4) is 0 Å². The molecule has 106 valence electrons. The minimum absolute atomic E-state index is 0.277. The van der Waals surface area contributed by atoms with Crippen LogP contribution in [0.4, 0.5) is 21.5 Å². The predicted molar refractivity (Wildman–Crippen MR) is 84.1 cm³/mol. The number of halogens is 2. The molecule has 20 heavy (non-hydrogen) atoms. The molecular formula is C15H16BrFN2O. The molecule has 3 N–H and O–H groups in total. The van der Waals surface area contributed by atoms with E-state index < -0.39 is 0 Å². The van der Waals surface area contributed by atoms with Crippen molar-refractivity contribution in [1.82, 2.24) is 0 Å². The van der Waals surface area contributed by atoms with Gasteiger partial charge in [0.2, 0.25) is 0 Å². The van der Waals surface area contributed by atoms with Gasteiger partial charge in [-0.05, 0) is 59.6 Å². The van der Waals surface area contributed by atoms with Gasteiger partial charge in [-0.1, -0.05) is 0 Å². The smallest absolute Gasteiger partial charge is 0.144 e. The molecule has 0 saturated heterocycles. The highest BCUT2D eigenvalue weighted by molar-refractivity contribution is 9.10. The Kier molecular flexibility index (Phi) is 4.49. The summed E-state index contributed by atoms with van der Waals surface area (Å²) < 4.78 is 19.3. The van der Waals surface area contributed by atoms with E-state index in [4.69, 9.17) is 10.5 Å². The van der Waals surface area contributed by atoms with Gasteiger partial charge in [-0.3, -0.25) is 0 Å². The van der Waals surface area contributed by atoms with Crippen molar-refractivity contribution in [2.24, 2.45) is 0 Å². The molecule has 2 rings (SSSR count). The van der Waals surface area contributed by atoms with E-state index in [1.807, 2.05) is 26.0 Å². The third kappa shape index (κ3) is 3.22. The Balaban J connectivity index is 2.30. The Morgan fingerprint density at radius 1 is 1.30 bits per heavy atom. The molecule has 0 fully saturated rings. The first-order valence-corrected chi connectivity index (χ1v) is 7.05. The average molecular weight is 339 g/mol. The summed E-state index contributed by atoms with van der Waals surface area (Å²) >= 11 is 3.18. The maximum absolute atomic E-state index is 13.4. The quantitative estimate of drug-likeness (QED) is 0.799. The fourth-order valence-electron chi connectivity index (χ4n) is 1.83. The Bertz CT molecular complexity index is 632. The van der Waals surface area contributed by atoms with Crippen molar-refractivity contribution in [2.75, 3.05) is 17.7 Å². The Hall–Kier alpha value is -1.75. The molecule has 0 heterocycles. The van der Waals surface area contributed by atoms with Gasteiger partial charge in [0, 0.05) is 17.4 Å². The number of anilines is 3. The molecule has 0 bridgehead atoms. The van der Waals surface area contributed by atoms with Crippen LogP contribution >= 0.6 is 15.9 Å². The van der Waals surface area contributed by atoms with E-state index in [1.54, 1.807) is 12.1 Å². The van der Waals surface area contributed by atoms with E-state index >= 15 is 0 Å². The maximum Gasteiger partial charge on any atom is 0.144 e. The summed E-state index contributed by atoms with van der Waals surface area (Å²) in [5.41, 5.74) is 8.91. The van der Waals surface area contributed by atoms with Crippen molar-refractivity contribution in [3.63, 3.8) is 0 Å². The lowest BCUT2D eigenvalue weighted by atomic mass is 10.2. The number of nitrogens with two attached hydrogens (primary N) is 1. The Labute approximate surface area is 126 Å². The first kappa shape index (κ1) is 14.7.